The number of esters is 1. The summed E-state index contributed by atoms with van der Waals surface area (Å²) in [5.41, 5.74) is 4.54. The van der Waals surface area contributed by atoms with Crippen LogP contribution < -0.4 is 9.64 Å². The van der Waals surface area contributed by atoms with Gasteiger partial charge in [-0.25, -0.2) is 4.79 Å². The van der Waals surface area contributed by atoms with E-state index in [-0.39, 0.29) is 5.97 Å². The molecule has 2 aromatic rings. The van der Waals surface area contributed by atoms with Crippen LogP contribution in [0.3, 0.4) is 0 Å². The van der Waals surface area contributed by atoms with Crippen molar-refractivity contribution in [3.8, 4) is 5.75 Å². The normalized spacial score (nSPS) is 15.4. The lowest BCUT2D eigenvalue weighted by molar-refractivity contribution is -0.128. The van der Waals surface area contributed by atoms with Crippen molar-refractivity contribution >= 4 is 28.8 Å². The summed E-state index contributed by atoms with van der Waals surface area (Å²) in [4.78, 5) is 15.1. The number of rotatable bonds is 2. The monoisotopic (exact) mass is 349 g/mol. The number of para-hydroxylation sites is 1. The summed E-state index contributed by atoms with van der Waals surface area (Å²) < 4.78 is 5.62. The number of anilines is 1. The first kappa shape index (κ1) is 15.7. The first-order valence-corrected chi connectivity index (χ1v) is 8.44. The van der Waals surface area contributed by atoms with E-state index in [1.807, 2.05) is 43.5 Å². The van der Waals surface area contributed by atoms with Crippen LogP contribution in [0.4, 0.5) is 5.69 Å². The van der Waals surface area contributed by atoms with Crippen molar-refractivity contribution in [1.82, 2.24) is 0 Å². The summed E-state index contributed by atoms with van der Waals surface area (Å²) in [6.07, 6.45) is 6.81. The average Bonchev–Trinajstić information content (AvgIpc) is 2.64. The van der Waals surface area contributed by atoms with Gasteiger partial charge in [-0.3, -0.25) is 0 Å². The Labute approximate surface area is 151 Å². The van der Waals surface area contributed by atoms with Gasteiger partial charge in [0.05, 0.1) is 5.57 Å². The molecule has 4 rings (SSSR count). The third kappa shape index (κ3) is 2.77. The van der Waals surface area contributed by atoms with Gasteiger partial charge in [0.2, 0.25) is 0 Å². The molecule has 2 aliphatic rings. The number of ether oxygens (including phenoxy) is 1. The van der Waals surface area contributed by atoms with Crippen LogP contribution in [0.25, 0.3) is 5.57 Å². The molecule has 0 N–H and O–H groups in total. The van der Waals surface area contributed by atoms with Crippen molar-refractivity contribution in [1.29, 1.82) is 0 Å². The number of likely N-dealkylation sites (N-methyl/N-ethyl adjacent to an activating group) is 1. The zero-order valence-corrected chi connectivity index (χ0v) is 14.5. The van der Waals surface area contributed by atoms with Gasteiger partial charge in [-0.2, -0.15) is 0 Å². The SMILES string of the molecule is CN1C2=CC=CCC2=C(C(=O)Oc2ccc(Cl)cc2)c2ccccc21. The number of halogens is 1. The van der Waals surface area contributed by atoms with Gasteiger partial charge in [0, 0.05) is 29.0 Å². The fourth-order valence-corrected chi connectivity index (χ4v) is 3.38. The maximum atomic E-state index is 13.0. The summed E-state index contributed by atoms with van der Waals surface area (Å²) in [5.74, 6) is 0.134. The number of nitrogens with zero attached hydrogens (tertiary/aromatic N) is 1. The Balaban J connectivity index is 1.80. The highest BCUT2D eigenvalue weighted by Crippen LogP contribution is 2.42. The number of allylic oxidation sites excluding steroid dienone is 4. The largest absolute Gasteiger partial charge is 0.423 e. The van der Waals surface area contributed by atoms with Crippen molar-refractivity contribution in [2.45, 2.75) is 6.42 Å². The van der Waals surface area contributed by atoms with Crippen LogP contribution in [0.2, 0.25) is 5.02 Å². The molecule has 0 unspecified atom stereocenters. The predicted molar refractivity (Wildman–Crippen MR) is 101 cm³/mol. The van der Waals surface area contributed by atoms with Crippen molar-refractivity contribution in [2.75, 3.05) is 11.9 Å². The highest BCUT2D eigenvalue weighted by molar-refractivity contribution is 6.30. The molecule has 0 atom stereocenters. The van der Waals surface area contributed by atoms with Gasteiger partial charge < -0.3 is 9.64 Å². The molecule has 25 heavy (non-hydrogen) atoms. The molecule has 0 saturated heterocycles. The first-order valence-electron chi connectivity index (χ1n) is 8.06. The number of hydrogen-bond acceptors (Lipinski definition) is 3. The van der Waals surface area contributed by atoms with E-state index in [0.29, 0.717) is 22.8 Å². The van der Waals surface area contributed by atoms with E-state index in [1.165, 1.54) is 0 Å². The second-order valence-corrected chi connectivity index (χ2v) is 6.39. The Morgan fingerprint density at radius 3 is 2.68 bits per heavy atom. The van der Waals surface area contributed by atoms with Crippen LogP contribution in [-0.2, 0) is 4.79 Å². The Bertz CT molecular complexity index is 939. The molecular formula is C21H16ClNO2. The third-order valence-corrected chi connectivity index (χ3v) is 4.70. The Hall–Kier alpha value is -2.78. The molecule has 0 saturated carbocycles. The lowest BCUT2D eigenvalue weighted by Gasteiger charge is -2.34. The molecule has 0 radical (unpaired) electrons. The topological polar surface area (TPSA) is 29.5 Å². The molecule has 3 nitrogen and oxygen atoms in total. The summed E-state index contributed by atoms with van der Waals surface area (Å²) in [7, 11) is 2.02. The van der Waals surface area contributed by atoms with Crippen LogP contribution in [0.5, 0.6) is 5.75 Å². The molecule has 124 valence electrons. The molecule has 0 amide bonds. The van der Waals surface area contributed by atoms with E-state index in [9.17, 15) is 4.79 Å². The number of fused-ring (bicyclic) bond motifs is 2. The molecule has 0 spiro atoms. The van der Waals surface area contributed by atoms with Gasteiger partial charge in [-0.05, 0) is 48.4 Å². The van der Waals surface area contributed by atoms with Gasteiger partial charge in [-0.15, -0.1) is 0 Å². The van der Waals surface area contributed by atoms with Crippen LogP contribution in [-0.4, -0.2) is 13.0 Å². The van der Waals surface area contributed by atoms with E-state index in [0.717, 1.165) is 22.5 Å². The number of hydrogen-bond donors (Lipinski definition) is 0. The molecular weight excluding hydrogens is 334 g/mol. The first-order chi connectivity index (χ1) is 12.1. The molecule has 1 aliphatic carbocycles. The average molecular weight is 350 g/mol. The summed E-state index contributed by atoms with van der Waals surface area (Å²) in [6.45, 7) is 0. The van der Waals surface area contributed by atoms with Crippen molar-refractivity contribution in [3.05, 3.63) is 88.6 Å². The zero-order valence-electron chi connectivity index (χ0n) is 13.7. The smallest absolute Gasteiger partial charge is 0.344 e. The van der Waals surface area contributed by atoms with Crippen LogP contribution in [0.1, 0.15) is 12.0 Å². The van der Waals surface area contributed by atoms with E-state index >= 15 is 0 Å². The molecule has 0 fully saturated rings. The number of carbonyl (C=O) groups excluding carboxylic acids is 1. The van der Waals surface area contributed by atoms with E-state index in [1.54, 1.807) is 24.3 Å². The fourth-order valence-electron chi connectivity index (χ4n) is 3.26. The zero-order chi connectivity index (χ0) is 17.4. The lowest BCUT2D eigenvalue weighted by atomic mass is 9.87. The van der Waals surface area contributed by atoms with Crippen molar-refractivity contribution in [3.63, 3.8) is 0 Å². The van der Waals surface area contributed by atoms with E-state index in [4.69, 9.17) is 16.3 Å². The molecule has 4 heteroatoms. The highest BCUT2D eigenvalue weighted by atomic mass is 35.5. The maximum Gasteiger partial charge on any atom is 0.344 e. The number of carbonyl (C=O) groups is 1. The quantitative estimate of drug-likeness (QED) is 0.565. The van der Waals surface area contributed by atoms with Crippen LogP contribution in [0, 0.1) is 0 Å². The van der Waals surface area contributed by atoms with Gasteiger partial charge >= 0.3 is 5.97 Å². The Kier molecular flexibility index (Phi) is 3.94. The van der Waals surface area contributed by atoms with Gasteiger partial charge in [0.25, 0.3) is 0 Å². The maximum absolute atomic E-state index is 13.0. The van der Waals surface area contributed by atoms with Crippen LogP contribution in [0.15, 0.2) is 78.0 Å². The Morgan fingerprint density at radius 2 is 1.88 bits per heavy atom. The van der Waals surface area contributed by atoms with Crippen molar-refractivity contribution in [2.24, 2.45) is 0 Å². The highest BCUT2D eigenvalue weighted by Gasteiger charge is 2.31. The number of benzene rings is 2. The minimum Gasteiger partial charge on any atom is -0.423 e. The molecule has 1 heterocycles. The second kappa shape index (κ2) is 6.26. The third-order valence-electron chi connectivity index (χ3n) is 4.45. The second-order valence-electron chi connectivity index (χ2n) is 5.96. The van der Waals surface area contributed by atoms with Crippen LogP contribution >= 0.6 is 11.6 Å². The van der Waals surface area contributed by atoms with Gasteiger partial charge in [-0.1, -0.05) is 42.0 Å². The standard InChI is InChI=1S/C21H16ClNO2/c1-23-18-8-4-2-6-16(18)20(17-7-3-5-9-19(17)23)21(24)25-15-12-10-14(22)11-13-15/h2-6,8-13H,7H2,1H3. The fraction of sp³-hybridized carbons (Fsp3) is 0.0952. The summed E-state index contributed by atoms with van der Waals surface area (Å²) in [6, 6.07) is 14.7. The van der Waals surface area contributed by atoms with E-state index < -0.39 is 0 Å². The lowest BCUT2D eigenvalue weighted by Crippen LogP contribution is -2.27. The minimum atomic E-state index is -0.348. The summed E-state index contributed by atoms with van der Waals surface area (Å²) in [5, 5.41) is 0.606. The molecule has 0 bridgehead atoms. The van der Waals surface area contributed by atoms with Gasteiger partial charge in [0.15, 0.2) is 0 Å². The molecule has 2 aromatic carbocycles. The summed E-state index contributed by atoms with van der Waals surface area (Å²) >= 11 is 5.90. The minimum absolute atomic E-state index is 0.348. The molecule has 1 aliphatic heterocycles. The van der Waals surface area contributed by atoms with Crippen molar-refractivity contribution < 1.29 is 9.53 Å². The van der Waals surface area contributed by atoms with E-state index in [2.05, 4.69) is 11.0 Å². The van der Waals surface area contributed by atoms with Gasteiger partial charge in [0.1, 0.15) is 5.75 Å². The predicted octanol–water partition coefficient (Wildman–Crippen LogP) is 4.99. The molecule has 0 aromatic heterocycles. The Morgan fingerprint density at radius 1 is 1.12 bits per heavy atom.